The van der Waals surface area contributed by atoms with Crippen molar-refractivity contribution >= 4 is 21.6 Å². The molecule has 0 aliphatic heterocycles. The smallest absolute Gasteiger partial charge is 0.310 e. The van der Waals surface area contributed by atoms with Crippen LogP contribution in [-0.4, -0.2) is 12.0 Å². The molecule has 0 saturated heterocycles. The van der Waals surface area contributed by atoms with E-state index in [1.807, 2.05) is 18.2 Å². The molecule has 0 saturated carbocycles. The zero-order valence-corrected chi connectivity index (χ0v) is 12.3. The van der Waals surface area contributed by atoms with Crippen molar-refractivity contribution in [3.63, 3.8) is 0 Å². The summed E-state index contributed by atoms with van der Waals surface area (Å²) in [6, 6.07) is 11.8. The van der Waals surface area contributed by atoms with Gasteiger partial charge in [0.25, 0.3) is 0 Å². The highest BCUT2D eigenvalue weighted by Crippen LogP contribution is 2.28. The van der Waals surface area contributed by atoms with Crippen LogP contribution in [0.2, 0.25) is 0 Å². The molecule has 0 N–H and O–H groups in total. The first kappa shape index (κ1) is 14.3. The predicted molar refractivity (Wildman–Crippen MR) is 78.1 cm³/mol. The normalized spacial score (nSPS) is 10.1. The van der Waals surface area contributed by atoms with Crippen LogP contribution in [0.1, 0.15) is 5.56 Å². The predicted octanol–water partition coefficient (Wildman–Crippen LogP) is 3.94. The Kier molecular flexibility index (Phi) is 4.57. The highest BCUT2D eigenvalue weighted by Gasteiger charge is 2.14. The van der Waals surface area contributed by atoms with Crippen molar-refractivity contribution in [2.75, 3.05) is 7.11 Å². The number of benzene rings is 2. The van der Waals surface area contributed by atoms with E-state index in [9.17, 15) is 10.1 Å². The maximum absolute atomic E-state index is 10.9. The van der Waals surface area contributed by atoms with E-state index in [1.165, 1.54) is 6.07 Å². The fourth-order valence-corrected chi connectivity index (χ4v) is 2.04. The summed E-state index contributed by atoms with van der Waals surface area (Å²) in [5.41, 5.74) is 0.800. The molecule has 0 bridgehead atoms. The first-order valence-electron chi connectivity index (χ1n) is 5.80. The Morgan fingerprint density at radius 1 is 1.25 bits per heavy atom. The number of hydrogen-bond acceptors (Lipinski definition) is 4. The lowest BCUT2D eigenvalue weighted by molar-refractivity contribution is -0.385. The molecule has 104 valence electrons. The van der Waals surface area contributed by atoms with Gasteiger partial charge in [-0.05, 0) is 24.3 Å². The molecule has 20 heavy (non-hydrogen) atoms. The van der Waals surface area contributed by atoms with Crippen LogP contribution in [0.3, 0.4) is 0 Å². The minimum atomic E-state index is -0.462. The minimum absolute atomic E-state index is 0.0495. The molecule has 0 amide bonds. The second kappa shape index (κ2) is 6.38. The van der Waals surface area contributed by atoms with Crippen molar-refractivity contribution in [1.82, 2.24) is 0 Å². The molecule has 6 heteroatoms. The number of rotatable bonds is 5. The van der Waals surface area contributed by atoms with Gasteiger partial charge >= 0.3 is 5.69 Å². The van der Waals surface area contributed by atoms with E-state index in [0.717, 1.165) is 10.0 Å². The molecule has 0 aliphatic rings. The van der Waals surface area contributed by atoms with Crippen LogP contribution in [0.5, 0.6) is 11.5 Å². The Morgan fingerprint density at radius 2 is 2.00 bits per heavy atom. The van der Waals surface area contributed by atoms with Crippen LogP contribution in [-0.2, 0) is 6.61 Å². The molecule has 0 atom stereocenters. The third-order valence-corrected chi connectivity index (χ3v) is 3.47. The molecule has 2 aromatic rings. The van der Waals surface area contributed by atoms with Gasteiger partial charge in [0.1, 0.15) is 12.4 Å². The van der Waals surface area contributed by atoms with Crippen molar-refractivity contribution in [2.45, 2.75) is 6.61 Å². The van der Waals surface area contributed by atoms with Gasteiger partial charge in [0.15, 0.2) is 5.75 Å². The van der Waals surface area contributed by atoms with Gasteiger partial charge in [0.2, 0.25) is 0 Å². The van der Waals surface area contributed by atoms with Crippen molar-refractivity contribution in [2.24, 2.45) is 0 Å². The number of ether oxygens (including phenoxy) is 2. The average molecular weight is 338 g/mol. The van der Waals surface area contributed by atoms with Gasteiger partial charge in [-0.25, -0.2) is 0 Å². The number of hydrogen-bond donors (Lipinski definition) is 0. The zero-order chi connectivity index (χ0) is 14.5. The Balaban J connectivity index is 2.19. The fourth-order valence-electron chi connectivity index (χ4n) is 1.67. The molecule has 0 unspecified atom stereocenters. The molecule has 0 spiro atoms. The summed E-state index contributed by atoms with van der Waals surface area (Å²) in [5.74, 6) is 0.946. The van der Waals surface area contributed by atoms with Crippen LogP contribution in [0.25, 0.3) is 0 Å². The van der Waals surface area contributed by atoms with E-state index < -0.39 is 4.92 Å². The van der Waals surface area contributed by atoms with E-state index in [4.69, 9.17) is 9.47 Å². The Bertz CT molecular complexity index is 630. The maximum atomic E-state index is 10.9. The molecule has 0 fully saturated rings. The lowest BCUT2D eigenvalue weighted by atomic mass is 10.2. The Hall–Kier alpha value is -2.08. The SMILES string of the molecule is COc1ccc(Br)c(COc2ccccc2[N+](=O)[O-])c1. The van der Waals surface area contributed by atoms with E-state index >= 15 is 0 Å². The second-order valence-corrected chi connectivity index (χ2v) is 4.83. The van der Waals surface area contributed by atoms with Gasteiger partial charge in [-0.1, -0.05) is 28.1 Å². The first-order chi connectivity index (χ1) is 9.61. The quantitative estimate of drug-likeness (QED) is 0.612. The van der Waals surface area contributed by atoms with E-state index in [2.05, 4.69) is 15.9 Å². The highest BCUT2D eigenvalue weighted by molar-refractivity contribution is 9.10. The topological polar surface area (TPSA) is 61.6 Å². The largest absolute Gasteiger partial charge is 0.497 e. The second-order valence-electron chi connectivity index (χ2n) is 3.97. The molecule has 0 aliphatic carbocycles. The zero-order valence-electron chi connectivity index (χ0n) is 10.7. The molecule has 0 heterocycles. The van der Waals surface area contributed by atoms with Crippen molar-refractivity contribution in [3.05, 3.63) is 62.6 Å². The number of halogens is 1. The lowest BCUT2D eigenvalue weighted by Crippen LogP contribution is -2.00. The van der Waals surface area contributed by atoms with Gasteiger partial charge < -0.3 is 9.47 Å². The van der Waals surface area contributed by atoms with Gasteiger partial charge in [0.05, 0.1) is 12.0 Å². The Morgan fingerprint density at radius 3 is 2.70 bits per heavy atom. The van der Waals surface area contributed by atoms with Gasteiger partial charge in [0, 0.05) is 16.1 Å². The van der Waals surface area contributed by atoms with E-state index in [-0.39, 0.29) is 18.0 Å². The number of para-hydroxylation sites is 2. The summed E-state index contributed by atoms with van der Waals surface area (Å²) in [6.07, 6.45) is 0. The fraction of sp³-hybridized carbons (Fsp3) is 0.143. The van der Waals surface area contributed by atoms with Crippen LogP contribution < -0.4 is 9.47 Å². The molecule has 5 nitrogen and oxygen atoms in total. The van der Waals surface area contributed by atoms with Gasteiger partial charge in [-0.15, -0.1) is 0 Å². The molecule has 0 aromatic heterocycles. The van der Waals surface area contributed by atoms with Crippen molar-refractivity contribution in [1.29, 1.82) is 0 Å². The summed E-state index contributed by atoms with van der Waals surface area (Å²) in [5, 5.41) is 10.9. The maximum Gasteiger partial charge on any atom is 0.310 e. The summed E-state index contributed by atoms with van der Waals surface area (Å²) in [7, 11) is 1.58. The molecular formula is C14H12BrNO4. The average Bonchev–Trinajstić information content (AvgIpc) is 2.46. The molecular weight excluding hydrogens is 326 g/mol. The van der Waals surface area contributed by atoms with Gasteiger partial charge in [-0.3, -0.25) is 10.1 Å². The van der Waals surface area contributed by atoms with Crippen molar-refractivity contribution in [3.8, 4) is 11.5 Å². The number of methoxy groups -OCH3 is 1. The van der Waals surface area contributed by atoms with Crippen molar-refractivity contribution < 1.29 is 14.4 Å². The number of nitro benzene ring substituents is 1. The van der Waals surface area contributed by atoms with Gasteiger partial charge in [-0.2, -0.15) is 0 Å². The lowest BCUT2D eigenvalue weighted by Gasteiger charge is -2.09. The third-order valence-electron chi connectivity index (χ3n) is 2.70. The Labute approximate surface area is 124 Å². The minimum Gasteiger partial charge on any atom is -0.497 e. The highest BCUT2D eigenvalue weighted by atomic mass is 79.9. The monoisotopic (exact) mass is 337 g/mol. The summed E-state index contributed by atoms with van der Waals surface area (Å²) in [4.78, 5) is 10.4. The van der Waals surface area contributed by atoms with E-state index in [0.29, 0.717) is 5.75 Å². The van der Waals surface area contributed by atoms with Crippen LogP contribution in [0, 0.1) is 10.1 Å². The van der Waals surface area contributed by atoms with E-state index in [1.54, 1.807) is 25.3 Å². The summed E-state index contributed by atoms with van der Waals surface area (Å²) in [6.45, 7) is 0.211. The molecule has 2 aromatic carbocycles. The standard InChI is InChI=1S/C14H12BrNO4/c1-19-11-6-7-12(15)10(8-11)9-20-14-5-3-2-4-13(14)16(17)18/h2-8H,9H2,1H3. The summed E-state index contributed by atoms with van der Waals surface area (Å²) < 4.78 is 11.5. The summed E-state index contributed by atoms with van der Waals surface area (Å²) >= 11 is 3.41. The number of nitrogens with zero attached hydrogens (tertiary/aromatic N) is 1. The van der Waals surface area contributed by atoms with Crippen LogP contribution >= 0.6 is 15.9 Å². The number of nitro groups is 1. The third kappa shape index (κ3) is 3.27. The molecule has 0 radical (unpaired) electrons. The molecule has 2 rings (SSSR count). The first-order valence-corrected chi connectivity index (χ1v) is 6.59. The van der Waals surface area contributed by atoms with Crippen LogP contribution in [0.4, 0.5) is 5.69 Å². The van der Waals surface area contributed by atoms with Crippen LogP contribution in [0.15, 0.2) is 46.9 Å².